The lowest BCUT2D eigenvalue weighted by atomic mass is 9.93. The van der Waals surface area contributed by atoms with Gasteiger partial charge in [-0.15, -0.1) is 11.3 Å². The number of thioether (sulfide) groups is 1. The number of fused-ring (bicyclic) bond motifs is 1. The number of Topliss-reactive ketones (excluding diaryl/α,β-unsaturated/α-hetero) is 1. The second-order valence-electron chi connectivity index (χ2n) is 6.22. The topological polar surface area (TPSA) is 39.2 Å². The number of hydrogen-bond acceptors (Lipinski definition) is 5. The van der Waals surface area contributed by atoms with Crippen molar-refractivity contribution in [3.8, 4) is 5.75 Å². The van der Waals surface area contributed by atoms with Crippen LogP contribution < -0.4 is 4.74 Å². The summed E-state index contributed by atoms with van der Waals surface area (Å²) in [7, 11) is 1.66. The van der Waals surface area contributed by atoms with Crippen molar-refractivity contribution in [3.05, 3.63) is 53.1 Å². The molecule has 0 aliphatic heterocycles. The van der Waals surface area contributed by atoms with Crippen molar-refractivity contribution >= 4 is 39.1 Å². The molecule has 3 rings (SSSR count). The van der Waals surface area contributed by atoms with E-state index in [2.05, 4.69) is 24.9 Å². The van der Waals surface area contributed by atoms with Gasteiger partial charge in [0, 0.05) is 5.56 Å². The molecule has 0 aliphatic rings. The van der Waals surface area contributed by atoms with Crippen LogP contribution in [0, 0.1) is 6.92 Å². The van der Waals surface area contributed by atoms with E-state index >= 15 is 0 Å². The highest BCUT2D eigenvalue weighted by Gasteiger charge is 2.18. The van der Waals surface area contributed by atoms with E-state index in [0.717, 1.165) is 37.0 Å². The first-order valence-electron chi connectivity index (χ1n) is 8.19. The van der Waals surface area contributed by atoms with Crippen LogP contribution in [0.5, 0.6) is 5.75 Å². The molecule has 5 heteroatoms. The van der Waals surface area contributed by atoms with Crippen LogP contribution in [-0.2, 0) is 0 Å². The molecular formula is C20H21NO2S2. The molecule has 0 N–H and O–H groups in total. The SMILES string of the molecule is COc1cc(C(C)C)c(C(=O)CSc2nc3ccccc3s2)cc1C. The first-order chi connectivity index (χ1) is 12.0. The number of hydrogen-bond donors (Lipinski definition) is 0. The Kier molecular flexibility index (Phi) is 5.45. The van der Waals surface area contributed by atoms with E-state index in [9.17, 15) is 4.79 Å². The molecule has 2 aromatic carbocycles. The molecule has 1 aromatic heterocycles. The number of aryl methyl sites for hydroxylation is 1. The molecule has 0 saturated heterocycles. The number of thiazole rings is 1. The monoisotopic (exact) mass is 371 g/mol. The minimum Gasteiger partial charge on any atom is -0.496 e. The normalized spacial score (nSPS) is 11.2. The highest BCUT2D eigenvalue weighted by atomic mass is 32.2. The maximum atomic E-state index is 12.8. The van der Waals surface area contributed by atoms with E-state index in [1.807, 2.05) is 37.3 Å². The van der Waals surface area contributed by atoms with Crippen LogP contribution >= 0.6 is 23.1 Å². The molecular weight excluding hydrogens is 350 g/mol. The smallest absolute Gasteiger partial charge is 0.173 e. The molecule has 0 aliphatic carbocycles. The third-order valence-corrected chi connectivity index (χ3v) is 6.27. The Morgan fingerprint density at radius 2 is 2.04 bits per heavy atom. The van der Waals surface area contributed by atoms with Gasteiger partial charge < -0.3 is 4.74 Å². The lowest BCUT2D eigenvalue weighted by Crippen LogP contribution is -2.09. The van der Waals surface area contributed by atoms with E-state index in [1.165, 1.54) is 11.8 Å². The van der Waals surface area contributed by atoms with Crippen LogP contribution in [0.25, 0.3) is 10.2 Å². The van der Waals surface area contributed by atoms with Crippen molar-refractivity contribution in [1.82, 2.24) is 4.98 Å². The molecule has 130 valence electrons. The van der Waals surface area contributed by atoms with Gasteiger partial charge in [0.15, 0.2) is 10.1 Å². The number of ether oxygens (including phenoxy) is 1. The standard InChI is InChI=1S/C20H21NO2S2/c1-12(2)14-10-18(23-4)13(3)9-15(14)17(22)11-24-20-21-16-7-5-6-8-19(16)25-20/h5-10,12H,11H2,1-4H3. The average Bonchev–Trinajstić information content (AvgIpc) is 3.02. The molecule has 0 bridgehead atoms. The molecule has 0 radical (unpaired) electrons. The maximum absolute atomic E-state index is 12.8. The summed E-state index contributed by atoms with van der Waals surface area (Å²) in [6, 6.07) is 12.0. The second kappa shape index (κ2) is 7.58. The molecule has 0 fully saturated rings. The van der Waals surface area contributed by atoms with E-state index in [4.69, 9.17) is 4.74 Å². The Hall–Kier alpha value is -1.85. The fraction of sp³-hybridized carbons (Fsp3) is 0.300. The first kappa shape index (κ1) is 18.0. The molecule has 3 aromatic rings. The summed E-state index contributed by atoms with van der Waals surface area (Å²) in [5.41, 5.74) is 3.81. The molecule has 0 atom stereocenters. The van der Waals surface area contributed by atoms with E-state index < -0.39 is 0 Å². The van der Waals surface area contributed by atoms with Crippen molar-refractivity contribution in [2.24, 2.45) is 0 Å². The zero-order chi connectivity index (χ0) is 18.0. The quantitative estimate of drug-likeness (QED) is 0.411. The summed E-state index contributed by atoms with van der Waals surface area (Å²) in [6.45, 7) is 6.17. The van der Waals surface area contributed by atoms with Crippen LogP contribution in [-0.4, -0.2) is 23.6 Å². The number of ketones is 1. The zero-order valence-electron chi connectivity index (χ0n) is 14.8. The van der Waals surface area contributed by atoms with Gasteiger partial charge in [-0.1, -0.05) is 37.7 Å². The predicted octanol–water partition coefficient (Wildman–Crippen LogP) is 5.71. The average molecular weight is 372 g/mol. The highest BCUT2D eigenvalue weighted by molar-refractivity contribution is 8.01. The van der Waals surface area contributed by atoms with Crippen molar-refractivity contribution in [1.29, 1.82) is 0 Å². The fourth-order valence-electron chi connectivity index (χ4n) is 2.76. The lowest BCUT2D eigenvalue weighted by Gasteiger charge is -2.15. The Morgan fingerprint density at radius 3 is 2.72 bits per heavy atom. The number of benzene rings is 2. The van der Waals surface area contributed by atoms with Gasteiger partial charge in [-0.2, -0.15) is 0 Å². The highest BCUT2D eigenvalue weighted by Crippen LogP contribution is 2.32. The Morgan fingerprint density at radius 1 is 1.28 bits per heavy atom. The van der Waals surface area contributed by atoms with Gasteiger partial charge in [-0.05, 0) is 48.2 Å². The Labute approximate surface area is 156 Å². The molecule has 0 amide bonds. The van der Waals surface area contributed by atoms with Crippen molar-refractivity contribution in [3.63, 3.8) is 0 Å². The van der Waals surface area contributed by atoms with Gasteiger partial charge in [0.1, 0.15) is 5.75 Å². The number of para-hydroxylation sites is 1. The van der Waals surface area contributed by atoms with E-state index in [0.29, 0.717) is 5.75 Å². The van der Waals surface area contributed by atoms with E-state index in [1.54, 1.807) is 18.4 Å². The van der Waals surface area contributed by atoms with Crippen LogP contribution in [0.2, 0.25) is 0 Å². The number of aromatic nitrogens is 1. The van der Waals surface area contributed by atoms with Crippen LogP contribution in [0.1, 0.15) is 41.3 Å². The third-order valence-electron chi connectivity index (χ3n) is 4.09. The number of nitrogens with zero attached hydrogens (tertiary/aromatic N) is 1. The minimum atomic E-state index is 0.138. The van der Waals surface area contributed by atoms with Gasteiger partial charge in [0.2, 0.25) is 0 Å². The third kappa shape index (κ3) is 3.88. The minimum absolute atomic E-state index is 0.138. The predicted molar refractivity (Wildman–Crippen MR) is 106 cm³/mol. The first-order valence-corrected chi connectivity index (χ1v) is 10.00. The van der Waals surface area contributed by atoms with Crippen LogP contribution in [0.3, 0.4) is 0 Å². The number of carbonyl (C=O) groups is 1. The van der Waals surface area contributed by atoms with Crippen molar-refractivity contribution in [2.45, 2.75) is 31.0 Å². The lowest BCUT2D eigenvalue weighted by molar-refractivity contribution is 0.102. The number of methoxy groups -OCH3 is 1. The molecule has 0 spiro atoms. The molecule has 0 unspecified atom stereocenters. The van der Waals surface area contributed by atoms with Gasteiger partial charge in [-0.3, -0.25) is 4.79 Å². The Balaban J connectivity index is 1.81. The van der Waals surface area contributed by atoms with Crippen LogP contribution in [0.15, 0.2) is 40.7 Å². The van der Waals surface area contributed by atoms with Gasteiger partial charge in [-0.25, -0.2) is 4.98 Å². The van der Waals surface area contributed by atoms with Crippen molar-refractivity contribution in [2.75, 3.05) is 12.9 Å². The second-order valence-corrected chi connectivity index (χ2v) is 8.48. The van der Waals surface area contributed by atoms with Crippen molar-refractivity contribution < 1.29 is 9.53 Å². The van der Waals surface area contributed by atoms with Gasteiger partial charge in [0.25, 0.3) is 0 Å². The zero-order valence-corrected chi connectivity index (χ0v) is 16.5. The van der Waals surface area contributed by atoms with Gasteiger partial charge >= 0.3 is 0 Å². The summed E-state index contributed by atoms with van der Waals surface area (Å²) in [6.07, 6.45) is 0. The number of carbonyl (C=O) groups excluding carboxylic acids is 1. The van der Waals surface area contributed by atoms with Gasteiger partial charge in [0.05, 0.1) is 23.1 Å². The maximum Gasteiger partial charge on any atom is 0.173 e. The summed E-state index contributed by atoms with van der Waals surface area (Å²) in [5, 5.41) is 0. The summed E-state index contributed by atoms with van der Waals surface area (Å²) >= 11 is 3.15. The molecule has 1 heterocycles. The summed E-state index contributed by atoms with van der Waals surface area (Å²) < 4.78 is 7.50. The number of rotatable bonds is 6. The largest absolute Gasteiger partial charge is 0.496 e. The molecule has 25 heavy (non-hydrogen) atoms. The summed E-state index contributed by atoms with van der Waals surface area (Å²) in [4.78, 5) is 17.4. The molecule has 3 nitrogen and oxygen atoms in total. The Bertz CT molecular complexity index is 882. The summed E-state index contributed by atoms with van der Waals surface area (Å²) in [5.74, 6) is 1.63. The van der Waals surface area contributed by atoms with E-state index in [-0.39, 0.29) is 11.7 Å². The van der Waals surface area contributed by atoms with Crippen LogP contribution in [0.4, 0.5) is 0 Å². The molecule has 0 saturated carbocycles. The fourth-order valence-corrected chi connectivity index (χ4v) is 4.71.